The number of nitrogens with one attached hydrogen (secondary N) is 2. The van der Waals surface area contributed by atoms with Crippen LogP contribution in [0.25, 0.3) is 0 Å². The van der Waals surface area contributed by atoms with Crippen LogP contribution in [-0.4, -0.2) is 37.3 Å². The van der Waals surface area contributed by atoms with Crippen molar-refractivity contribution in [2.45, 2.75) is 12.8 Å². The number of rotatable bonds is 3. The predicted octanol–water partition coefficient (Wildman–Crippen LogP) is -1.82. The molecule has 1 aliphatic heterocycles. The molecule has 1 amide bonds. The summed E-state index contributed by atoms with van der Waals surface area (Å²) < 4.78 is 0. The second kappa shape index (κ2) is 5.19. The number of hydrogen-bond donors (Lipinski definition) is 3. The molecular formula is C9H18N2O2. The summed E-state index contributed by atoms with van der Waals surface area (Å²) in [5.74, 6) is 0.221. The zero-order valence-corrected chi connectivity index (χ0v) is 7.88. The number of aliphatic hydroxyl groups excluding tert-OH is 1. The summed E-state index contributed by atoms with van der Waals surface area (Å²) in [4.78, 5) is 12.7. The van der Waals surface area contributed by atoms with E-state index in [1.165, 1.54) is 4.90 Å². The molecule has 1 fully saturated rings. The summed E-state index contributed by atoms with van der Waals surface area (Å²) in [6.07, 6.45) is 1.83. The first-order chi connectivity index (χ1) is 6.24. The van der Waals surface area contributed by atoms with Gasteiger partial charge in [-0.15, -0.1) is 0 Å². The van der Waals surface area contributed by atoms with Crippen molar-refractivity contribution in [3.63, 3.8) is 0 Å². The molecule has 0 spiro atoms. The molecule has 0 bridgehead atoms. The van der Waals surface area contributed by atoms with Gasteiger partial charge in [-0.1, -0.05) is 0 Å². The number of carbonyl (C=O) groups is 1. The van der Waals surface area contributed by atoms with Gasteiger partial charge in [-0.25, -0.2) is 0 Å². The average Bonchev–Trinajstić information content (AvgIpc) is 2.15. The van der Waals surface area contributed by atoms with Gasteiger partial charge >= 0.3 is 0 Å². The number of amides is 1. The van der Waals surface area contributed by atoms with Gasteiger partial charge in [0, 0.05) is 25.3 Å². The van der Waals surface area contributed by atoms with Crippen molar-refractivity contribution in [3.05, 3.63) is 7.05 Å². The van der Waals surface area contributed by atoms with E-state index in [1.807, 2.05) is 0 Å². The fourth-order valence-electron chi connectivity index (χ4n) is 1.61. The van der Waals surface area contributed by atoms with Gasteiger partial charge in [-0.05, 0) is 0 Å². The van der Waals surface area contributed by atoms with E-state index in [0.29, 0.717) is 6.54 Å². The molecule has 4 heteroatoms. The number of likely N-dealkylation sites (tertiary alicyclic amines) is 1. The Bertz CT molecular complexity index is 165. The smallest absolute Gasteiger partial charge is 0.223 e. The Kier molecular flexibility index (Phi) is 4.18. The maximum absolute atomic E-state index is 11.4. The minimum atomic E-state index is 0.0190. The SMILES string of the molecule is [CH2-][NH+]1CCC(C(=O)NCCO)CC1. The second-order valence-electron chi connectivity index (χ2n) is 3.54. The molecule has 3 N–H and O–H groups in total. The van der Waals surface area contributed by atoms with E-state index in [0.717, 1.165) is 25.9 Å². The molecule has 0 aromatic rings. The Morgan fingerprint density at radius 3 is 2.69 bits per heavy atom. The number of hydrogen-bond acceptors (Lipinski definition) is 2. The van der Waals surface area contributed by atoms with Gasteiger partial charge in [-0.3, -0.25) is 4.79 Å². The van der Waals surface area contributed by atoms with Crippen LogP contribution in [-0.2, 0) is 4.79 Å². The van der Waals surface area contributed by atoms with Gasteiger partial charge in [-0.2, -0.15) is 7.05 Å². The van der Waals surface area contributed by atoms with Gasteiger partial charge in [0.15, 0.2) is 0 Å². The fourth-order valence-corrected chi connectivity index (χ4v) is 1.61. The molecule has 0 unspecified atom stereocenters. The molecule has 0 saturated carbocycles. The third-order valence-electron chi connectivity index (χ3n) is 2.47. The van der Waals surface area contributed by atoms with Crippen LogP contribution < -0.4 is 10.2 Å². The normalized spacial score (nSPS) is 28.5. The minimum Gasteiger partial charge on any atom is -0.468 e. The Labute approximate surface area is 78.9 Å². The zero-order valence-electron chi connectivity index (χ0n) is 7.88. The van der Waals surface area contributed by atoms with Crippen molar-refractivity contribution in [1.82, 2.24) is 5.32 Å². The van der Waals surface area contributed by atoms with Crippen molar-refractivity contribution in [1.29, 1.82) is 0 Å². The molecule has 1 aliphatic rings. The lowest BCUT2D eigenvalue weighted by Crippen LogP contribution is -3.08. The van der Waals surface area contributed by atoms with E-state index in [1.54, 1.807) is 0 Å². The van der Waals surface area contributed by atoms with Crippen molar-refractivity contribution in [2.24, 2.45) is 5.92 Å². The first-order valence-electron chi connectivity index (χ1n) is 4.79. The molecule has 0 radical (unpaired) electrons. The van der Waals surface area contributed by atoms with E-state index >= 15 is 0 Å². The van der Waals surface area contributed by atoms with Crippen molar-refractivity contribution >= 4 is 5.91 Å². The fraction of sp³-hybridized carbons (Fsp3) is 0.778. The average molecular weight is 186 g/mol. The van der Waals surface area contributed by atoms with Crippen molar-refractivity contribution < 1.29 is 14.8 Å². The first kappa shape index (κ1) is 10.5. The van der Waals surface area contributed by atoms with Crippen molar-refractivity contribution in [3.8, 4) is 0 Å². The van der Waals surface area contributed by atoms with Gasteiger partial charge < -0.3 is 15.3 Å². The van der Waals surface area contributed by atoms with Gasteiger partial charge in [0.05, 0.1) is 19.7 Å². The Morgan fingerprint density at radius 1 is 1.54 bits per heavy atom. The van der Waals surface area contributed by atoms with Crippen LogP contribution in [0.1, 0.15) is 12.8 Å². The molecule has 1 saturated heterocycles. The van der Waals surface area contributed by atoms with E-state index < -0.39 is 0 Å². The lowest BCUT2D eigenvalue weighted by molar-refractivity contribution is -0.860. The Morgan fingerprint density at radius 2 is 2.15 bits per heavy atom. The maximum atomic E-state index is 11.4. The molecular weight excluding hydrogens is 168 g/mol. The highest BCUT2D eigenvalue weighted by atomic mass is 16.3. The topological polar surface area (TPSA) is 53.8 Å². The molecule has 0 aliphatic carbocycles. The van der Waals surface area contributed by atoms with Crippen LogP contribution in [0.4, 0.5) is 0 Å². The Hall–Kier alpha value is -0.610. The highest BCUT2D eigenvalue weighted by Gasteiger charge is 2.23. The van der Waals surface area contributed by atoms with Crippen LogP contribution >= 0.6 is 0 Å². The summed E-state index contributed by atoms with van der Waals surface area (Å²) >= 11 is 0. The predicted molar refractivity (Wildman–Crippen MR) is 48.9 cm³/mol. The third-order valence-corrected chi connectivity index (χ3v) is 2.47. The monoisotopic (exact) mass is 186 g/mol. The lowest BCUT2D eigenvalue weighted by Gasteiger charge is -2.30. The largest absolute Gasteiger partial charge is 0.468 e. The summed E-state index contributed by atoms with van der Waals surface area (Å²) in [7, 11) is 3.90. The second-order valence-corrected chi connectivity index (χ2v) is 3.54. The summed E-state index contributed by atoms with van der Waals surface area (Å²) in [5, 5.41) is 11.2. The molecule has 4 nitrogen and oxygen atoms in total. The quantitative estimate of drug-likeness (QED) is 0.455. The number of piperidine rings is 1. The molecule has 1 heterocycles. The molecule has 1 rings (SSSR count). The van der Waals surface area contributed by atoms with Crippen LogP contribution in [0.2, 0.25) is 0 Å². The summed E-state index contributed by atoms with van der Waals surface area (Å²) in [5.41, 5.74) is 0. The molecule has 0 aromatic heterocycles. The highest BCUT2D eigenvalue weighted by Crippen LogP contribution is 2.08. The van der Waals surface area contributed by atoms with Crippen LogP contribution in [0.3, 0.4) is 0 Å². The van der Waals surface area contributed by atoms with Gasteiger partial charge in [0.1, 0.15) is 0 Å². The molecule has 76 valence electrons. The third kappa shape index (κ3) is 3.32. The lowest BCUT2D eigenvalue weighted by atomic mass is 9.96. The number of aliphatic hydroxyl groups is 1. The first-order valence-corrected chi connectivity index (χ1v) is 4.79. The zero-order chi connectivity index (χ0) is 9.68. The molecule has 0 atom stereocenters. The number of quaternary nitrogens is 1. The van der Waals surface area contributed by atoms with Crippen molar-refractivity contribution in [2.75, 3.05) is 26.2 Å². The van der Waals surface area contributed by atoms with E-state index in [4.69, 9.17) is 5.11 Å². The van der Waals surface area contributed by atoms with E-state index in [9.17, 15) is 4.79 Å². The maximum Gasteiger partial charge on any atom is 0.223 e. The molecule has 13 heavy (non-hydrogen) atoms. The van der Waals surface area contributed by atoms with E-state index in [-0.39, 0.29) is 18.4 Å². The summed E-state index contributed by atoms with van der Waals surface area (Å²) in [6, 6.07) is 0. The van der Waals surface area contributed by atoms with Crippen LogP contribution in [0.5, 0.6) is 0 Å². The highest BCUT2D eigenvalue weighted by molar-refractivity contribution is 5.78. The minimum absolute atomic E-state index is 0.0190. The Balaban J connectivity index is 2.23. The van der Waals surface area contributed by atoms with E-state index in [2.05, 4.69) is 12.4 Å². The standard InChI is InChI=1S/C9H18N2O2/c1-11-5-2-8(3-6-11)9(13)10-4-7-12/h8,11-12H,1-7H2,(H,10,13). The summed E-state index contributed by atoms with van der Waals surface area (Å²) in [6.45, 7) is 2.33. The van der Waals surface area contributed by atoms with Gasteiger partial charge in [0.2, 0.25) is 5.91 Å². The molecule has 0 aromatic carbocycles. The van der Waals surface area contributed by atoms with Gasteiger partial charge in [0.25, 0.3) is 0 Å². The van der Waals surface area contributed by atoms with Crippen LogP contribution in [0, 0.1) is 13.0 Å². The number of carbonyl (C=O) groups excluding carboxylic acids is 1. The van der Waals surface area contributed by atoms with Crippen LogP contribution in [0.15, 0.2) is 0 Å².